The van der Waals surface area contributed by atoms with Gasteiger partial charge in [0.1, 0.15) is 11.5 Å². The monoisotopic (exact) mass is 304 g/mol. The van der Waals surface area contributed by atoms with Crippen molar-refractivity contribution in [1.29, 1.82) is 0 Å². The van der Waals surface area contributed by atoms with Crippen molar-refractivity contribution < 1.29 is 19.0 Å². The summed E-state index contributed by atoms with van der Waals surface area (Å²) >= 11 is 0. The quantitative estimate of drug-likeness (QED) is 0.783. The van der Waals surface area contributed by atoms with Crippen LogP contribution in [0.15, 0.2) is 29.0 Å². The number of likely N-dealkylation sites (N-methyl/N-ethyl adjacent to an activating group) is 1. The number of aliphatic imine (C=N–C) groups is 1. The number of ether oxygens (including phenoxy) is 3. The van der Waals surface area contributed by atoms with Gasteiger partial charge < -0.3 is 14.2 Å². The zero-order valence-corrected chi connectivity index (χ0v) is 13.3. The minimum Gasteiger partial charge on any atom is -0.497 e. The number of hydrogen-bond acceptors (Lipinski definition) is 5. The lowest BCUT2D eigenvalue weighted by Crippen LogP contribution is -2.29. The molecule has 1 aliphatic rings. The lowest BCUT2D eigenvalue weighted by Gasteiger charge is -2.08. The molecule has 1 heterocycles. The average molecular weight is 304 g/mol. The molecule has 0 radical (unpaired) electrons. The normalized spacial score (nSPS) is 18.0. The molecular formula is C16H20N2O4. The Balaban J connectivity index is 2.37. The number of benzene rings is 1. The Bertz CT molecular complexity index is 623. The van der Waals surface area contributed by atoms with Gasteiger partial charge >= 0.3 is 0 Å². The minimum atomic E-state index is -0.201. The number of amides is 1. The molecule has 0 bridgehead atoms. The van der Waals surface area contributed by atoms with Crippen LogP contribution in [-0.4, -0.2) is 44.1 Å². The molecule has 0 spiro atoms. The molecular weight excluding hydrogens is 284 g/mol. The third-order valence-electron chi connectivity index (χ3n) is 3.22. The number of carbonyl (C=O) groups excluding carboxylic acids is 1. The van der Waals surface area contributed by atoms with Gasteiger partial charge in [-0.05, 0) is 32.1 Å². The smallest absolute Gasteiger partial charge is 0.300 e. The highest BCUT2D eigenvalue weighted by Crippen LogP contribution is 2.28. The molecule has 1 aromatic rings. The Morgan fingerprint density at radius 1 is 1.27 bits per heavy atom. The summed E-state index contributed by atoms with van der Waals surface area (Å²) in [6, 6.07) is 5.71. The van der Waals surface area contributed by atoms with Crippen molar-refractivity contribution >= 4 is 18.0 Å². The van der Waals surface area contributed by atoms with Crippen LogP contribution in [0.25, 0.3) is 6.08 Å². The summed E-state index contributed by atoms with van der Waals surface area (Å²) in [4.78, 5) is 18.0. The van der Waals surface area contributed by atoms with E-state index >= 15 is 0 Å². The van der Waals surface area contributed by atoms with Crippen molar-refractivity contribution in [3.63, 3.8) is 0 Å². The zero-order valence-electron chi connectivity index (χ0n) is 13.3. The van der Waals surface area contributed by atoms with Gasteiger partial charge in [0.15, 0.2) is 5.76 Å². The summed E-state index contributed by atoms with van der Waals surface area (Å²) in [5, 5.41) is 0. The first kappa shape index (κ1) is 15.9. The third kappa shape index (κ3) is 3.05. The largest absolute Gasteiger partial charge is 0.497 e. The second-order valence-corrected chi connectivity index (χ2v) is 4.52. The minimum absolute atomic E-state index is 0.201. The highest BCUT2D eigenvalue weighted by molar-refractivity contribution is 6.11. The van der Waals surface area contributed by atoms with Crippen molar-refractivity contribution in [2.24, 2.45) is 4.99 Å². The fourth-order valence-electron chi connectivity index (χ4n) is 2.12. The van der Waals surface area contributed by atoms with Crippen molar-refractivity contribution in [3.05, 3.63) is 29.5 Å². The van der Waals surface area contributed by atoms with Crippen LogP contribution in [0.5, 0.6) is 11.5 Å². The molecule has 0 aliphatic carbocycles. The zero-order chi connectivity index (χ0) is 16.1. The average Bonchev–Trinajstić information content (AvgIpc) is 2.83. The van der Waals surface area contributed by atoms with Crippen LogP contribution >= 0.6 is 0 Å². The fourth-order valence-corrected chi connectivity index (χ4v) is 2.12. The Hall–Kier alpha value is -2.50. The van der Waals surface area contributed by atoms with Gasteiger partial charge in [-0.3, -0.25) is 9.69 Å². The second-order valence-electron chi connectivity index (χ2n) is 4.52. The predicted molar refractivity (Wildman–Crippen MR) is 84.0 cm³/mol. The van der Waals surface area contributed by atoms with E-state index in [0.29, 0.717) is 30.6 Å². The molecule has 22 heavy (non-hydrogen) atoms. The van der Waals surface area contributed by atoms with Crippen LogP contribution in [0.3, 0.4) is 0 Å². The molecule has 1 fully saturated rings. The van der Waals surface area contributed by atoms with E-state index in [9.17, 15) is 4.79 Å². The van der Waals surface area contributed by atoms with Crippen LogP contribution in [0.1, 0.15) is 19.4 Å². The fraction of sp³-hybridized carbons (Fsp3) is 0.375. The molecule has 6 heteroatoms. The van der Waals surface area contributed by atoms with Crippen LogP contribution in [0.2, 0.25) is 0 Å². The van der Waals surface area contributed by atoms with Crippen molar-refractivity contribution in [1.82, 2.24) is 4.90 Å². The molecule has 0 atom stereocenters. The maximum Gasteiger partial charge on any atom is 0.300 e. The van der Waals surface area contributed by atoms with Crippen LogP contribution in [0, 0.1) is 0 Å². The predicted octanol–water partition coefficient (Wildman–Crippen LogP) is 2.30. The van der Waals surface area contributed by atoms with E-state index in [2.05, 4.69) is 4.99 Å². The third-order valence-corrected chi connectivity index (χ3v) is 3.22. The van der Waals surface area contributed by atoms with Crippen molar-refractivity contribution in [2.45, 2.75) is 13.8 Å². The van der Waals surface area contributed by atoms with Gasteiger partial charge in [-0.25, -0.2) is 4.99 Å². The molecule has 2 rings (SSSR count). The molecule has 0 aromatic heterocycles. The summed E-state index contributed by atoms with van der Waals surface area (Å²) in [6.07, 6.45) is 1.65. The SMILES string of the molecule is CCN=C1O/C(=C/c2ccc(OC)cc2OC)C(=O)N1CC. The number of rotatable bonds is 5. The first-order chi connectivity index (χ1) is 10.6. The number of carbonyl (C=O) groups is 1. The van der Waals surface area contributed by atoms with Gasteiger partial charge in [0.05, 0.1) is 14.2 Å². The van der Waals surface area contributed by atoms with Gasteiger partial charge in [0.25, 0.3) is 11.9 Å². The van der Waals surface area contributed by atoms with Gasteiger partial charge in [0, 0.05) is 24.7 Å². The maximum absolute atomic E-state index is 12.3. The summed E-state index contributed by atoms with van der Waals surface area (Å²) < 4.78 is 16.1. The molecule has 0 saturated carbocycles. The molecule has 1 saturated heterocycles. The van der Waals surface area contributed by atoms with Crippen LogP contribution in [0.4, 0.5) is 0 Å². The summed E-state index contributed by atoms with van der Waals surface area (Å²) in [5.74, 6) is 1.32. The van der Waals surface area contributed by atoms with E-state index < -0.39 is 0 Å². The Morgan fingerprint density at radius 3 is 2.64 bits per heavy atom. The van der Waals surface area contributed by atoms with E-state index in [-0.39, 0.29) is 11.7 Å². The second kappa shape index (κ2) is 6.98. The molecule has 6 nitrogen and oxygen atoms in total. The number of methoxy groups -OCH3 is 2. The van der Waals surface area contributed by atoms with E-state index in [1.54, 1.807) is 32.4 Å². The van der Waals surface area contributed by atoms with Crippen molar-refractivity contribution in [2.75, 3.05) is 27.3 Å². The number of nitrogens with zero attached hydrogens (tertiary/aromatic N) is 2. The summed E-state index contributed by atoms with van der Waals surface area (Å²) in [5.41, 5.74) is 0.737. The molecule has 0 unspecified atom stereocenters. The summed E-state index contributed by atoms with van der Waals surface area (Å²) in [6.45, 7) is 4.83. The molecule has 0 N–H and O–H groups in total. The Kier molecular flexibility index (Phi) is 5.04. The first-order valence-electron chi connectivity index (χ1n) is 7.12. The topological polar surface area (TPSA) is 60.4 Å². The van der Waals surface area contributed by atoms with E-state index in [0.717, 1.165) is 5.56 Å². The van der Waals surface area contributed by atoms with Gasteiger partial charge in [-0.1, -0.05) is 0 Å². The van der Waals surface area contributed by atoms with Crippen LogP contribution < -0.4 is 9.47 Å². The molecule has 1 aromatic carbocycles. The maximum atomic E-state index is 12.3. The number of hydrogen-bond donors (Lipinski definition) is 0. The van der Waals surface area contributed by atoms with Crippen LogP contribution in [-0.2, 0) is 9.53 Å². The van der Waals surface area contributed by atoms with Gasteiger partial charge in [0.2, 0.25) is 0 Å². The molecule has 118 valence electrons. The highest BCUT2D eigenvalue weighted by Gasteiger charge is 2.33. The Labute approximate surface area is 130 Å². The van der Waals surface area contributed by atoms with E-state index in [1.165, 1.54) is 4.90 Å². The number of amidine groups is 1. The standard InChI is InChI=1S/C16H20N2O4/c1-5-17-16-18(6-2)15(19)14(22-16)9-11-7-8-12(20-3)10-13(11)21-4/h7-10H,5-6H2,1-4H3/b14-9+,17-16?. The van der Waals surface area contributed by atoms with E-state index in [1.807, 2.05) is 19.9 Å². The first-order valence-corrected chi connectivity index (χ1v) is 7.12. The lowest BCUT2D eigenvalue weighted by atomic mass is 10.1. The van der Waals surface area contributed by atoms with Gasteiger partial charge in [-0.2, -0.15) is 0 Å². The lowest BCUT2D eigenvalue weighted by molar-refractivity contribution is -0.122. The Morgan fingerprint density at radius 2 is 2.05 bits per heavy atom. The van der Waals surface area contributed by atoms with E-state index in [4.69, 9.17) is 14.2 Å². The highest BCUT2D eigenvalue weighted by atomic mass is 16.5. The van der Waals surface area contributed by atoms with Crippen molar-refractivity contribution in [3.8, 4) is 11.5 Å². The summed E-state index contributed by atoms with van der Waals surface area (Å²) in [7, 11) is 3.15. The molecule has 1 amide bonds. The van der Waals surface area contributed by atoms with Gasteiger partial charge in [-0.15, -0.1) is 0 Å². The molecule has 1 aliphatic heterocycles.